The molecule has 8 nitrogen and oxygen atoms in total. The van der Waals surface area contributed by atoms with Crippen molar-refractivity contribution in [2.45, 2.75) is 32.5 Å². The first-order chi connectivity index (χ1) is 19.6. The zero-order chi connectivity index (χ0) is 27.5. The number of aryl methyl sites for hydroxylation is 1. The summed E-state index contributed by atoms with van der Waals surface area (Å²) >= 11 is 0. The van der Waals surface area contributed by atoms with Crippen LogP contribution in [-0.2, 0) is 19.5 Å². The first-order valence-electron chi connectivity index (χ1n) is 13.7. The van der Waals surface area contributed by atoms with Gasteiger partial charge in [-0.05, 0) is 69.3 Å². The van der Waals surface area contributed by atoms with Crippen molar-refractivity contribution in [2.24, 2.45) is 0 Å². The molecule has 2 aromatic heterocycles. The van der Waals surface area contributed by atoms with Gasteiger partial charge in [0.1, 0.15) is 11.9 Å². The number of hydrogen-bond donors (Lipinski definition) is 1. The Kier molecular flexibility index (Phi) is 7.48. The lowest BCUT2D eigenvalue weighted by Gasteiger charge is -2.38. The predicted octanol–water partition coefficient (Wildman–Crippen LogP) is 4.17. The second kappa shape index (κ2) is 11.5. The second-order valence-electron chi connectivity index (χ2n) is 10.4. The van der Waals surface area contributed by atoms with Crippen LogP contribution in [0.4, 0.5) is 4.39 Å². The van der Waals surface area contributed by atoms with E-state index >= 15 is 0 Å². The number of aromatic nitrogens is 5. The minimum atomic E-state index is -0.437. The van der Waals surface area contributed by atoms with E-state index in [1.807, 2.05) is 24.3 Å². The normalized spacial score (nSPS) is 15.4. The minimum absolute atomic E-state index is 0.148. The Hall–Kier alpha value is -4.21. The van der Waals surface area contributed by atoms with Crippen molar-refractivity contribution < 1.29 is 4.39 Å². The molecule has 1 atom stereocenters. The Morgan fingerprint density at radius 3 is 2.35 bits per heavy atom. The summed E-state index contributed by atoms with van der Waals surface area (Å²) in [6.07, 6.45) is 0.910. The van der Waals surface area contributed by atoms with Crippen molar-refractivity contribution in [2.75, 3.05) is 26.2 Å². The smallest absolute Gasteiger partial charge is 0.253 e. The van der Waals surface area contributed by atoms with Crippen LogP contribution >= 0.6 is 0 Å². The third-order valence-electron chi connectivity index (χ3n) is 7.71. The van der Waals surface area contributed by atoms with E-state index in [1.54, 1.807) is 16.8 Å². The van der Waals surface area contributed by atoms with Crippen LogP contribution in [0.15, 0.2) is 83.7 Å². The van der Waals surface area contributed by atoms with Crippen molar-refractivity contribution in [3.63, 3.8) is 0 Å². The molecule has 3 heterocycles. The predicted molar refractivity (Wildman–Crippen MR) is 152 cm³/mol. The number of benzene rings is 3. The number of pyridine rings is 1. The standard InChI is InChI=1S/C31H32FN7O/c1-2-22-10-13-28-25(18-22)19-27(31(40)33-28)29(30-34-35-36-39(30)21-24-8-11-26(32)12-9-24)38-16-14-37(15-17-38)20-23-6-4-3-5-7-23/h3-13,18-19,29H,2,14-17,20-21H2,1H3,(H,33,40). The average molecular weight is 538 g/mol. The van der Waals surface area contributed by atoms with E-state index in [2.05, 4.69) is 67.6 Å². The molecule has 3 aromatic carbocycles. The van der Waals surface area contributed by atoms with Crippen LogP contribution in [0, 0.1) is 5.82 Å². The number of H-pyrrole nitrogens is 1. The molecule has 1 fully saturated rings. The highest BCUT2D eigenvalue weighted by molar-refractivity contribution is 5.80. The van der Waals surface area contributed by atoms with Gasteiger partial charge in [0, 0.05) is 43.8 Å². The Bertz CT molecular complexity index is 1640. The van der Waals surface area contributed by atoms with E-state index in [4.69, 9.17) is 0 Å². The molecular weight excluding hydrogens is 505 g/mol. The molecule has 0 radical (unpaired) electrons. The molecule has 0 spiro atoms. The molecule has 9 heteroatoms. The number of nitrogens with zero attached hydrogens (tertiary/aromatic N) is 6. The monoisotopic (exact) mass is 537 g/mol. The maximum absolute atomic E-state index is 13.6. The summed E-state index contributed by atoms with van der Waals surface area (Å²) in [6.45, 7) is 6.61. The molecule has 1 aliphatic heterocycles. The van der Waals surface area contributed by atoms with Gasteiger partial charge in [0.2, 0.25) is 0 Å². The van der Waals surface area contributed by atoms with Crippen molar-refractivity contribution >= 4 is 10.9 Å². The van der Waals surface area contributed by atoms with Gasteiger partial charge < -0.3 is 4.98 Å². The van der Waals surface area contributed by atoms with Crippen LogP contribution in [0.3, 0.4) is 0 Å². The number of fused-ring (bicyclic) bond motifs is 1. The largest absolute Gasteiger partial charge is 0.322 e. The molecule has 0 bridgehead atoms. The molecule has 1 unspecified atom stereocenters. The van der Waals surface area contributed by atoms with Gasteiger partial charge >= 0.3 is 0 Å². The maximum atomic E-state index is 13.6. The number of hydrogen-bond acceptors (Lipinski definition) is 6. The van der Waals surface area contributed by atoms with Crippen molar-refractivity contribution in [3.05, 3.63) is 123 Å². The molecule has 40 heavy (non-hydrogen) atoms. The molecule has 0 aliphatic carbocycles. The van der Waals surface area contributed by atoms with Crippen LogP contribution in [0.25, 0.3) is 10.9 Å². The lowest BCUT2D eigenvalue weighted by Crippen LogP contribution is -2.48. The number of rotatable bonds is 8. The third-order valence-corrected chi connectivity index (χ3v) is 7.71. The number of tetrazole rings is 1. The van der Waals surface area contributed by atoms with Crippen LogP contribution in [0.5, 0.6) is 0 Å². The van der Waals surface area contributed by atoms with Crippen molar-refractivity contribution in [1.29, 1.82) is 0 Å². The third kappa shape index (κ3) is 5.57. The number of halogens is 1. The van der Waals surface area contributed by atoms with Crippen LogP contribution in [0.1, 0.15) is 41.0 Å². The van der Waals surface area contributed by atoms with Crippen LogP contribution in [0.2, 0.25) is 0 Å². The summed E-state index contributed by atoms with van der Waals surface area (Å²) in [5, 5.41) is 13.7. The molecule has 0 amide bonds. The molecule has 1 N–H and O–H groups in total. The second-order valence-corrected chi connectivity index (χ2v) is 10.4. The Morgan fingerprint density at radius 1 is 0.875 bits per heavy atom. The van der Waals surface area contributed by atoms with E-state index in [1.165, 1.54) is 23.3 Å². The van der Waals surface area contributed by atoms with Gasteiger partial charge in [-0.1, -0.05) is 55.5 Å². The minimum Gasteiger partial charge on any atom is -0.322 e. The van der Waals surface area contributed by atoms with Crippen LogP contribution < -0.4 is 5.56 Å². The average Bonchev–Trinajstić information content (AvgIpc) is 3.43. The quantitative estimate of drug-likeness (QED) is 0.320. The fourth-order valence-corrected chi connectivity index (χ4v) is 5.50. The molecule has 6 rings (SSSR count). The van der Waals surface area contributed by atoms with Crippen LogP contribution in [-0.4, -0.2) is 61.2 Å². The fraction of sp³-hybridized carbons (Fsp3) is 0.290. The van der Waals surface area contributed by atoms with Crippen molar-refractivity contribution in [1.82, 2.24) is 35.0 Å². The lowest BCUT2D eigenvalue weighted by atomic mass is 10.0. The SMILES string of the molecule is CCc1ccc2[nH]c(=O)c(C(c3nnnn3Cc3ccc(F)cc3)N3CCN(Cc4ccccc4)CC3)cc2c1. The number of nitrogens with one attached hydrogen (secondary N) is 1. The molecule has 5 aromatic rings. The lowest BCUT2D eigenvalue weighted by molar-refractivity contribution is 0.0998. The summed E-state index contributed by atoms with van der Waals surface area (Å²) in [7, 11) is 0. The van der Waals surface area contributed by atoms with Gasteiger partial charge in [-0.3, -0.25) is 14.6 Å². The Labute approximate surface area is 232 Å². The molecule has 0 saturated carbocycles. The van der Waals surface area contributed by atoms with E-state index in [0.717, 1.165) is 55.6 Å². The van der Waals surface area contributed by atoms with E-state index in [0.29, 0.717) is 17.9 Å². The molecule has 204 valence electrons. The molecular formula is C31H32FN7O. The zero-order valence-corrected chi connectivity index (χ0v) is 22.5. The Morgan fingerprint density at radius 2 is 1.60 bits per heavy atom. The van der Waals surface area contributed by atoms with Gasteiger partial charge in [-0.2, -0.15) is 0 Å². The Balaban J connectivity index is 1.35. The highest BCUT2D eigenvalue weighted by atomic mass is 19.1. The van der Waals surface area contributed by atoms with Gasteiger partial charge in [0.25, 0.3) is 5.56 Å². The molecule has 1 aliphatic rings. The number of aromatic amines is 1. The van der Waals surface area contributed by atoms with Crippen molar-refractivity contribution in [3.8, 4) is 0 Å². The van der Waals surface area contributed by atoms with Gasteiger partial charge in [0.15, 0.2) is 5.82 Å². The van der Waals surface area contributed by atoms with Gasteiger partial charge in [0.05, 0.1) is 6.54 Å². The highest BCUT2D eigenvalue weighted by Gasteiger charge is 2.32. The van der Waals surface area contributed by atoms with Gasteiger partial charge in [-0.15, -0.1) is 5.10 Å². The van der Waals surface area contributed by atoms with E-state index in [-0.39, 0.29) is 11.4 Å². The van der Waals surface area contributed by atoms with E-state index < -0.39 is 6.04 Å². The highest BCUT2D eigenvalue weighted by Crippen LogP contribution is 2.29. The maximum Gasteiger partial charge on any atom is 0.253 e. The fourth-order valence-electron chi connectivity index (χ4n) is 5.50. The summed E-state index contributed by atoms with van der Waals surface area (Å²) in [5.41, 5.74) is 4.65. The summed E-state index contributed by atoms with van der Waals surface area (Å²) in [4.78, 5) is 21.4. The summed E-state index contributed by atoms with van der Waals surface area (Å²) in [6, 6.07) is 24.5. The topological polar surface area (TPSA) is 82.9 Å². The summed E-state index contributed by atoms with van der Waals surface area (Å²) in [5.74, 6) is 0.304. The van der Waals surface area contributed by atoms with Gasteiger partial charge in [-0.25, -0.2) is 9.07 Å². The van der Waals surface area contributed by atoms with E-state index in [9.17, 15) is 9.18 Å². The molecule has 1 saturated heterocycles. The number of piperazine rings is 1. The first-order valence-corrected chi connectivity index (χ1v) is 13.7. The summed E-state index contributed by atoms with van der Waals surface area (Å²) < 4.78 is 15.3. The zero-order valence-electron chi connectivity index (χ0n) is 22.5. The first kappa shape index (κ1) is 26.0.